The van der Waals surface area contributed by atoms with E-state index in [0.29, 0.717) is 34.5 Å². The van der Waals surface area contributed by atoms with E-state index in [2.05, 4.69) is 45.0 Å². The molecule has 188 valence electrons. The fraction of sp³-hybridized carbons (Fsp3) is 0.100. The van der Waals surface area contributed by atoms with Gasteiger partial charge in [0.15, 0.2) is 0 Å². The van der Waals surface area contributed by atoms with Crippen LogP contribution in [0.1, 0.15) is 24.1 Å². The number of allylic oxidation sites excluding steroid dienone is 1. The van der Waals surface area contributed by atoms with Crippen LogP contribution in [0, 0.1) is 0 Å². The van der Waals surface area contributed by atoms with Gasteiger partial charge in [-0.25, -0.2) is 4.68 Å². The summed E-state index contributed by atoms with van der Waals surface area (Å²) in [6.07, 6.45) is 1.48. The van der Waals surface area contributed by atoms with E-state index in [1.807, 2.05) is 49.4 Å². The highest BCUT2D eigenvalue weighted by Crippen LogP contribution is 2.36. The fourth-order valence-electron chi connectivity index (χ4n) is 4.75. The monoisotopic (exact) mass is 521 g/mol. The van der Waals surface area contributed by atoms with Crippen molar-refractivity contribution >= 4 is 39.9 Å². The molecule has 5 aromatic rings. The Morgan fingerprint density at radius 2 is 1.76 bits per heavy atom. The van der Waals surface area contributed by atoms with E-state index in [-0.39, 0.29) is 5.91 Å². The number of hydrogen-bond donors (Lipinski definition) is 2. The molecular formula is C30H24ClN5O2. The molecule has 1 atom stereocenters. The van der Waals surface area contributed by atoms with Gasteiger partial charge in [0.25, 0.3) is 5.91 Å². The summed E-state index contributed by atoms with van der Waals surface area (Å²) < 4.78 is 7.85. The molecule has 1 amide bonds. The predicted molar refractivity (Wildman–Crippen MR) is 149 cm³/mol. The first-order chi connectivity index (χ1) is 18.6. The molecule has 1 aliphatic rings. The van der Waals surface area contributed by atoms with Crippen LogP contribution >= 0.6 is 11.6 Å². The summed E-state index contributed by atoms with van der Waals surface area (Å²) in [5.41, 5.74) is 3.91. The van der Waals surface area contributed by atoms with Crippen molar-refractivity contribution in [2.75, 3.05) is 10.6 Å². The second kappa shape index (κ2) is 10.0. The number of benzene rings is 4. The largest absolute Gasteiger partial charge is 0.489 e. The van der Waals surface area contributed by atoms with E-state index in [1.54, 1.807) is 28.9 Å². The number of carbonyl (C=O) groups excluding carboxylic acids is 1. The Kier molecular flexibility index (Phi) is 6.27. The summed E-state index contributed by atoms with van der Waals surface area (Å²) in [6, 6.07) is 28.8. The Labute approximate surface area is 224 Å². The number of anilines is 2. The van der Waals surface area contributed by atoms with E-state index >= 15 is 0 Å². The molecule has 0 radical (unpaired) electrons. The molecule has 0 fully saturated rings. The van der Waals surface area contributed by atoms with E-state index < -0.39 is 6.04 Å². The molecule has 2 heterocycles. The number of nitrogens with one attached hydrogen (secondary N) is 2. The van der Waals surface area contributed by atoms with E-state index in [0.717, 1.165) is 16.9 Å². The van der Waals surface area contributed by atoms with Gasteiger partial charge >= 0.3 is 0 Å². The number of fused-ring (bicyclic) bond motifs is 2. The Balaban J connectivity index is 1.26. The molecule has 7 nitrogen and oxygen atoms in total. The molecule has 0 saturated heterocycles. The Hall–Kier alpha value is -4.62. The first-order valence-corrected chi connectivity index (χ1v) is 12.6. The Morgan fingerprint density at radius 3 is 2.58 bits per heavy atom. The summed E-state index contributed by atoms with van der Waals surface area (Å²) >= 11 is 6.00. The lowest BCUT2D eigenvalue weighted by Gasteiger charge is -2.28. The smallest absolute Gasteiger partial charge is 0.255 e. The highest BCUT2D eigenvalue weighted by Gasteiger charge is 2.33. The number of amides is 1. The summed E-state index contributed by atoms with van der Waals surface area (Å²) in [7, 11) is 0. The number of ether oxygens (including phenoxy) is 1. The average molecular weight is 522 g/mol. The normalized spacial score (nSPS) is 14.6. The standard InChI is InChI=1S/C30H24ClN5O2/c1-19-27(29(37)35-24-13-11-23(31)12-14-24)28(36-30(34-19)32-18-33-36)21-9-15-25(16-10-21)38-17-22-7-4-6-20-5-2-3-8-26(20)22/h2-16,18,28H,17H2,1H3,(H,35,37)(H,32,33,34)/t28-/m1/s1. The van der Waals surface area contributed by atoms with Crippen molar-refractivity contribution in [2.45, 2.75) is 19.6 Å². The third-order valence-corrected chi connectivity index (χ3v) is 6.86. The fourth-order valence-corrected chi connectivity index (χ4v) is 4.88. The van der Waals surface area contributed by atoms with E-state index in [9.17, 15) is 4.79 Å². The lowest BCUT2D eigenvalue weighted by Crippen LogP contribution is -2.31. The maximum atomic E-state index is 13.5. The molecule has 8 heteroatoms. The maximum Gasteiger partial charge on any atom is 0.255 e. The van der Waals surface area contributed by atoms with Crippen LogP contribution in [0.25, 0.3) is 10.8 Å². The molecule has 0 saturated carbocycles. The van der Waals surface area contributed by atoms with Gasteiger partial charge in [-0.05, 0) is 65.2 Å². The molecular weight excluding hydrogens is 498 g/mol. The van der Waals surface area contributed by atoms with Crippen molar-refractivity contribution in [3.8, 4) is 5.75 Å². The highest BCUT2D eigenvalue weighted by atomic mass is 35.5. The number of carbonyl (C=O) groups is 1. The quantitative estimate of drug-likeness (QED) is 0.263. The minimum Gasteiger partial charge on any atom is -0.489 e. The molecule has 4 aromatic carbocycles. The zero-order valence-electron chi connectivity index (χ0n) is 20.6. The van der Waals surface area contributed by atoms with Gasteiger partial charge in [-0.2, -0.15) is 10.1 Å². The SMILES string of the molecule is CC1=C(C(=O)Nc2ccc(Cl)cc2)[C@@H](c2ccc(OCc3cccc4ccccc34)cc2)n2ncnc2N1. The molecule has 0 aliphatic carbocycles. The summed E-state index contributed by atoms with van der Waals surface area (Å²) in [5.74, 6) is 1.08. The summed E-state index contributed by atoms with van der Waals surface area (Å²) in [4.78, 5) is 17.8. The second-order valence-electron chi connectivity index (χ2n) is 9.05. The van der Waals surface area contributed by atoms with Gasteiger partial charge in [0.2, 0.25) is 5.95 Å². The molecule has 6 rings (SSSR count). The van der Waals surface area contributed by atoms with E-state index in [4.69, 9.17) is 16.3 Å². The van der Waals surface area contributed by atoms with E-state index in [1.165, 1.54) is 17.1 Å². The van der Waals surface area contributed by atoms with Gasteiger partial charge < -0.3 is 15.4 Å². The van der Waals surface area contributed by atoms with Crippen molar-refractivity contribution in [2.24, 2.45) is 0 Å². The van der Waals surface area contributed by atoms with Crippen molar-refractivity contribution in [1.29, 1.82) is 0 Å². The van der Waals surface area contributed by atoms with Crippen LogP contribution in [0.15, 0.2) is 109 Å². The van der Waals surface area contributed by atoms with Crippen molar-refractivity contribution in [1.82, 2.24) is 14.8 Å². The summed E-state index contributed by atoms with van der Waals surface area (Å²) in [6.45, 7) is 2.32. The van der Waals surface area contributed by atoms with Crippen LogP contribution in [-0.4, -0.2) is 20.7 Å². The van der Waals surface area contributed by atoms with Crippen molar-refractivity contribution < 1.29 is 9.53 Å². The lowest BCUT2D eigenvalue weighted by atomic mass is 9.95. The molecule has 1 aliphatic heterocycles. The first kappa shape index (κ1) is 23.8. The maximum absolute atomic E-state index is 13.5. The number of aromatic nitrogens is 3. The second-order valence-corrected chi connectivity index (χ2v) is 9.49. The number of hydrogen-bond acceptors (Lipinski definition) is 5. The van der Waals surface area contributed by atoms with Crippen molar-refractivity contribution in [3.63, 3.8) is 0 Å². The first-order valence-electron chi connectivity index (χ1n) is 12.2. The van der Waals surface area contributed by atoms with Gasteiger partial charge in [0, 0.05) is 16.4 Å². The topological polar surface area (TPSA) is 81.1 Å². The van der Waals surface area contributed by atoms with Crippen LogP contribution in [0.3, 0.4) is 0 Å². The van der Waals surface area contributed by atoms with Crippen LogP contribution in [0.5, 0.6) is 5.75 Å². The van der Waals surface area contributed by atoms with Crippen LogP contribution in [0.4, 0.5) is 11.6 Å². The average Bonchev–Trinajstić information content (AvgIpc) is 3.41. The van der Waals surface area contributed by atoms with Gasteiger partial charge in [0.1, 0.15) is 24.7 Å². The third-order valence-electron chi connectivity index (χ3n) is 6.61. The third kappa shape index (κ3) is 4.60. The molecule has 0 unspecified atom stereocenters. The number of halogens is 1. The lowest BCUT2D eigenvalue weighted by molar-refractivity contribution is -0.113. The van der Waals surface area contributed by atoms with Gasteiger partial charge in [-0.3, -0.25) is 4.79 Å². The minimum atomic E-state index is -0.465. The zero-order valence-corrected chi connectivity index (χ0v) is 21.3. The van der Waals surface area contributed by atoms with Crippen LogP contribution < -0.4 is 15.4 Å². The van der Waals surface area contributed by atoms with Gasteiger partial charge in [-0.1, -0.05) is 66.2 Å². The van der Waals surface area contributed by atoms with Gasteiger partial charge in [-0.15, -0.1) is 0 Å². The number of rotatable bonds is 6. The van der Waals surface area contributed by atoms with Gasteiger partial charge in [0.05, 0.1) is 5.57 Å². The minimum absolute atomic E-state index is 0.236. The predicted octanol–water partition coefficient (Wildman–Crippen LogP) is 6.59. The highest BCUT2D eigenvalue weighted by molar-refractivity contribution is 6.30. The molecule has 2 N–H and O–H groups in total. The zero-order chi connectivity index (χ0) is 26.1. The van der Waals surface area contributed by atoms with Crippen LogP contribution in [0.2, 0.25) is 5.02 Å². The number of nitrogens with zero attached hydrogens (tertiary/aromatic N) is 3. The Morgan fingerprint density at radius 1 is 1.00 bits per heavy atom. The van der Waals surface area contributed by atoms with Crippen LogP contribution in [-0.2, 0) is 11.4 Å². The molecule has 0 bridgehead atoms. The molecule has 0 spiro atoms. The van der Waals surface area contributed by atoms with Crippen molar-refractivity contribution in [3.05, 3.63) is 125 Å². The molecule has 38 heavy (non-hydrogen) atoms. The Bertz CT molecular complexity index is 1650. The molecule has 1 aromatic heterocycles. The summed E-state index contributed by atoms with van der Waals surface area (Å²) in [5, 5.41) is 13.5.